The van der Waals surface area contributed by atoms with Crippen molar-refractivity contribution < 1.29 is 4.79 Å². The van der Waals surface area contributed by atoms with Crippen molar-refractivity contribution in [2.45, 2.75) is 19.4 Å². The third kappa shape index (κ3) is 5.12. The van der Waals surface area contributed by atoms with Gasteiger partial charge in [-0.05, 0) is 49.5 Å². The van der Waals surface area contributed by atoms with E-state index in [0.29, 0.717) is 11.7 Å². The van der Waals surface area contributed by atoms with Gasteiger partial charge in [0.05, 0.1) is 0 Å². The van der Waals surface area contributed by atoms with Crippen molar-refractivity contribution in [2.24, 2.45) is 11.0 Å². The van der Waals surface area contributed by atoms with Crippen LogP contribution < -0.4 is 11.2 Å². The molecule has 1 aromatic carbocycles. The van der Waals surface area contributed by atoms with Crippen molar-refractivity contribution in [3.63, 3.8) is 0 Å². The van der Waals surface area contributed by atoms with Crippen LogP contribution in [0.5, 0.6) is 0 Å². The molecule has 1 aliphatic heterocycles. The maximum absolute atomic E-state index is 11.9. The molecule has 1 amide bonds. The zero-order chi connectivity index (χ0) is 17.5. The Labute approximate surface area is 147 Å². The second-order valence-electron chi connectivity index (χ2n) is 6.27. The number of amides is 1. The summed E-state index contributed by atoms with van der Waals surface area (Å²) in [6.45, 7) is 3.06. The number of aromatic nitrogens is 1. The molecular weight excluding hydrogens is 314 g/mol. The standard InChI is InChI=1S/C19H23N5O/c20-18-8-4-7-17(22-18)19(25)23-21-13-15-9-11-24(12-10-15)14-16-5-2-1-3-6-16/h1-8,13,15H,9-12,14H2,(H2,20,22)(H,23,25)/b21-13+. The minimum atomic E-state index is -0.343. The zero-order valence-electron chi connectivity index (χ0n) is 14.1. The van der Waals surface area contributed by atoms with E-state index >= 15 is 0 Å². The predicted octanol–water partition coefficient (Wildman–Crippen LogP) is 2.29. The quantitative estimate of drug-likeness (QED) is 0.648. The highest BCUT2D eigenvalue weighted by Gasteiger charge is 2.18. The number of carbonyl (C=O) groups is 1. The molecule has 0 spiro atoms. The number of hydrazone groups is 1. The van der Waals surface area contributed by atoms with Crippen LogP contribution in [0.25, 0.3) is 0 Å². The average Bonchev–Trinajstić information content (AvgIpc) is 2.64. The highest BCUT2D eigenvalue weighted by Crippen LogP contribution is 2.17. The van der Waals surface area contributed by atoms with Crippen LogP contribution in [0, 0.1) is 5.92 Å². The Balaban J connectivity index is 1.42. The first kappa shape index (κ1) is 17.1. The van der Waals surface area contributed by atoms with Crippen LogP contribution in [0.15, 0.2) is 53.6 Å². The molecule has 0 saturated carbocycles. The fraction of sp³-hybridized carbons (Fsp3) is 0.316. The fourth-order valence-corrected chi connectivity index (χ4v) is 2.94. The third-order valence-electron chi connectivity index (χ3n) is 4.34. The summed E-state index contributed by atoms with van der Waals surface area (Å²) in [7, 11) is 0. The first-order valence-electron chi connectivity index (χ1n) is 8.53. The highest BCUT2D eigenvalue weighted by molar-refractivity contribution is 5.92. The van der Waals surface area contributed by atoms with E-state index in [1.54, 1.807) is 18.2 Å². The molecule has 130 valence electrons. The van der Waals surface area contributed by atoms with Crippen molar-refractivity contribution >= 4 is 17.9 Å². The number of piperidine rings is 1. The summed E-state index contributed by atoms with van der Waals surface area (Å²) in [4.78, 5) is 18.4. The normalized spacial score (nSPS) is 16.2. The molecule has 1 aromatic heterocycles. The van der Waals surface area contributed by atoms with Gasteiger partial charge in [0.15, 0.2) is 0 Å². The van der Waals surface area contributed by atoms with Crippen LogP contribution in [-0.4, -0.2) is 35.1 Å². The summed E-state index contributed by atoms with van der Waals surface area (Å²) in [6.07, 6.45) is 3.93. The van der Waals surface area contributed by atoms with Crippen molar-refractivity contribution in [3.8, 4) is 0 Å². The SMILES string of the molecule is Nc1cccc(C(=O)N/N=C/C2CCN(Cc3ccccc3)CC2)n1. The number of nitrogens with zero attached hydrogens (tertiary/aromatic N) is 3. The van der Waals surface area contributed by atoms with Gasteiger partial charge < -0.3 is 5.73 Å². The first-order chi connectivity index (χ1) is 12.2. The van der Waals surface area contributed by atoms with E-state index < -0.39 is 0 Å². The fourth-order valence-electron chi connectivity index (χ4n) is 2.94. The maximum atomic E-state index is 11.9. The number of nitrogens with one attached hydrogen (secondary N) is 1. The molecule has 0 radical (unpaired) electrons. The number of pyridine rings is 1. The van der Waals surface area contributed by atoms with E-state index in [1.165, 1.54) is 5.56 Å². The summed E-state index contributed by atoms with van der Waals surface area (Å²) in [6, 6.07) is 15.5. The van der Waals surface area contributed by atoms with Gasteiger partial charge in [-0.15, -0.1) is 0 Å². The molecule has 3 N–H and O–H groups in total. The molecule has 0 atom stereocenters. The average molecular weight is 337 g/mol. The number of carbonyl (C=O) groups excluding carboxylic acids is 1. The lowest BCUT2D eigenvalue weighted by atomic mass is 9.98. The smallest absolute Gasteiger partial charge is 0.290 e. The lowest BCUT2D eigenvalue weighted by molar-refractivity contribution is 0.0950. The van der Waals surface area contributed by atoms with E-state index in [9.17, 15) is 4.79 Å². The van der Waals surface area contributed by atoms with Crippen LogP contribution in [0.4, 0.5) is 5.82 Å². The highest BCUT2D eigenvalue weighted by atomic mass is 16.2. The number of nitrogen functional groups attached to an aromatic ring is 1. The van der Waals surface area contributed by atoms with Gasteiger partial charge >= 0.3 is 0 Å². The van der Waals surface area contributed by atoms with Crippen LogP contribution in [0.1, 0.15) is 28.9 Å². The van der Waals surface area contributed by atoms with E-state index in [4.69, 9.17) is 5.73 Å². The second kappa shape index (κ2) is 8.39. The molecule has 2 aromatic rings. The van der Waals surface area contributed by atoms with E-state index in [2.05, 4.69) is 44.7 Å². The number of hydrogen-bond donors (Lipinski definition) is 2. The molecule has 0 unspecified atom stereocenters. The summed E-state index contributed by atoms with van der Waals surface area (Å²) >= 11 is 0. The minimum absolute atomic E-state index is 0.273. The van der Waals surface area contributed by atoms with Gasteiger partial charge in [-0.25, -0.2) is 10.4 Å². The summed E-state index contributed by atoms with van der Waals surface area (Å²) in [5.41, 5.74) is 9.72. The molecule has 25 heavy (non-hydrogen) atoms. The first-order valence-corrected chi connectivity index (χ1v) is 8.53. The van der Waals surface area contributed by atoms with Gasteiger partial charge in [0.2, 0.25) is 0 Å². The molecule has 0 aliphatic carbocycles. The Morgan fingerprint density at radius 1 is 1.20 bits per heavy atom. The zero-order valence-corrected chi connectivity index (χ0v) is 14.1. The maximum Gasteiger partial charge on any atom is 0.290 e. The molecule has 6 heteroatoms. The number of hydrogen-bond acceptors (Lipinski definition) is 5. The Bertz CT molecular complexity index is 724. The van der Waals surface area contributed by atoms with Gasteiger partial charge in [0.25, 0.3) is 5.91 Å². The predicted molar refractivity (Wildman–Crippen MR) is 99.1 cm³/mol. The minimum Gasteiger partial charge on any atom is -0.384 e. The third-order valence-corrected chi connectivity index (χ3v) is 4.34. The summed E-state index contributed by atoms with van der Waals surface area (Å²) < 4.78 is 0. The molecule has 1 fully saturated rings. The van der Waals surface area contributed by atoms with Crippen molar-refractivity contribution in [2.75, 3.05) is 18.8 Å². The van der Waals surface area contributed by atoms with Crippen molar-refractivity contribution in [1.82, 2.24) is 15.3 Å². The number of anilines is 1. The van der Waals surface area contributed by atoms with Crippen LogP contribution in [0.2, 0.25) is 0 Å². The largest absolute Gasteiger partial charge is 0.384 e. The molecule has 3 rings (SSSR count). The van der Waals surface area contributed by atoms with Gasteiger partial charge in [-0.2, -0.15) is 5.10 Å². The Kier molecular flexibility index (Phi) is 5.74. The lowest BCUT2D eigenvalue weighted by Crippen LogP contribution is -2.34. The number of benzene rings is 1. The van der Waals surface area contributed by atoms with Gasteiger partial charge in [0.1, 0.15) is 11.5 Å². The monoisotopic (exact) mass is 337 g/mol. The second-order valence-corrected chi connectivity index (χ2v) is 6.27. The lowest BCUT2D eigenvalue weighted by Gasteiger charge is -2.30. The van der Waals surface area contributed by atoms with E-state index in [-0.39, 0.29) is 11.6 Å². The van der Waals surface area contributed by atoms with E-state index in [1.807, 2.05) is 12.3 Å². The van der Waals surface area contributed by atoms with Crippen LogP contribution >= 0.6 is 0 Å². The molecule has 0 bridgehead atoms. The number of likely N-dealkylation sites (tertiary alicyclic amines) is 1. The van der Waals surface area contributed by atoms with Crippen molar-refractivity contribution in [3.05, 3.63) is 59.8 Å². The Morgan fingerprint density at radius 2 is 1.96 bits per heavy atom. The Hall–Kier alpha value is -2.73. The molecule has 1 saturated heterocycles. The van der Waals surface area contributed by atoms with Crippen molar-refractivity contribution in [1.29, 1.82) is 0 Å². The van der Waals surface area contributed by atoms with Crippen LogP contribution in [-0.2, 0) is 6.54 Å². The van der Waals surface area contributed by atoms with Gasteiger partial charge in [-0.3, -0.25) is 9.69 Å². The Morgan fingerprint density at radius 3 is 2.68 bits per heavy atom. The van der Waals surface area contributed by atoms with E-state index in [0.717, 1.165) is 32.5 Å². The topological polar surface area (TPSA) is 83.6 Å². The van der Waals surface area contributed by atoms with Gasteiger partial charge in [0, 0.05) is 12.8 Å². The molecule has 1 aliphatic rings. The summed E-state index contributed by atoms with van der Waals surface area (Å²) in [5.74, 6) is 0.369. The van der Waals surface area contributed by atoms with Crippen LogP contribution in [0.3, 0.4) is 0 Å². The number of rotatable bonds is 5. The molecular formula is C19H23N5O. The summed E-state index contributed by atoms with van der Waals surface area (Å²) in [5, 5.41) is 4.09. The van der Waals surface area contributed by atoms with Gasteiger partial charge in [-0.1, -0.05) is 36.4 Å². The molecule has 2 heterocycles. The number of nitrogens with two attached hydrogens (primary N) is 1. The molecule has 6 nitrogen and oxygen atoms in total.